The van der Waals surface area contributed by atoms with Gasteiger partial charge in [0.1, 0.15) is 35.8 Å². The van der Waals surface area contributed by atoms with Crippen molar-refractivity contribution < 1.29 is 58.2 Å². The maximum Gasteiger partial charge on any atom is 0.325 e. The van der Waals surface area contributed by atoms with Crippen LogP contribution in [0.5, 0.6) is 0 Å². The summed E-state index contributed by atoms with van der Waals surface area (Å²) in [6.07, 6.45) is -0.581. The van der Waals surface area contributed by atoms with E-state index in [9.17, 15) is 67.7 Å². The summed E-state index contributed by atoms with van der Waals surface area (Å²) in [5.74, 6) is -11.7. The number of carbonyl (C=O) groups is 10. The van der Waals surface area contributed by atoms with Crippen LogP contribution in [0.2, 0.25) is 0 Å². The molecule has 66 heavy (non-hydrogen) atoms. The van der Waals surface area contributed by atoms with Crippen molar-refractivity contribution in [2.24, 2.45) is 17.1 Å². The highest BCUT2D eigenvalue weighted by molar-refractivity contribution is 6.37. The number of unbranched alkanes of at least 4 members (excludes halogenated alkanes) is 1. The van der Waals surface area contributed by atoms with E-state index in [0.717, 1.165) is 6.20 Å². The van der Waals surface area contributed by atoms with Crippen LogP contribution in [0.4, 0.5) is 0 Å². The van der Waals surface area contributed by atoms with Crippen molar-refractivity contribution in [1.82, 2.24) is 41.9 Å². The van der Waals surface area contributed by atoms with E-state index in [1.54, 1.807) is 70.8 Å². The lowest BCUT2D eigenvalue weighted by molar-refractivity contribution is -0.140. The van der Waals surface area contributed by atoms with Gasteiger partial charge in [0.15, 0.2) is 0 Å². The number of benzene rings is 1. The lowest BCUT2D eigenvalue weighted by atomic mass is 9.85. The fraction of sp³-hybridized carbons (Fsp3) is 0.535. The summed E-state index contributed by atoms with van der Waals surface area (Å²) in [5, 5.41) is 33.7. The molecule has 1 heterocycles. The number of hydrogen-bond acceptors (Lipinski definition) is 12. The summed E-state index contributed by atoms with van der Waals surface area (Å²) in [6, 6.07) is -2.37. The minimum Gasteiger partial charge on any atom is -0.481 e. The molecule has 0 saturated heterocycles. The monoisotopic (exact) mass is 927 g/mol. The van der Waals surface area contributed by atoms with E-state index in [2.05, 4.69) is 36.9 Å². The number of amides is 7. The number of carboxylic acid groups (broad SMARTS) is 2. The van der Waals surface area contributed by atoms with Crippen molar-refractivity contribution in [1.29, 1.82) is 0 Å². The molecule has 23 heteroatoms. The highest BCUT2D eigenvalue weighted by Gasteiger charge is 2.39. The Bertz CT molecular complexity index is 2250. The molecule has 362 valence electrons. The molecule has 0 radical (unpaired) electrons. The van der Waals surface area contributed by atoms with Gasteiger partial charge in [-0.25, -0.2) is 4.79 Å². The fourth-order valence-electron chi connectivity index (χ4n) is 6.55. The van der Waals surface area contributed by atoms with Gasteiger partial charge in [0.2, 0.25) is 35.3 Å². The molecule has 2 aromatic rings. The van der Waals surface area contributed by atoms with Gasteiger partial charge in [-0.2, -0.15) is 0 Å². The van der Waals surface area contributed by atoms with E-state index >= 15 is 0 Å². The Balaban J connectivity index is 2.52. The van der Waals surface area contributed by atoms with Crippen LogP contribution >= 0.6 is 0 Å². The number of H-pyrrole nitrogens is 2. The molecule has 0 fully saturated rings. The first-order valence-corrected chi connectivity index (χ1v) is 21.2. The van der Waals surface area contributed by atoms with Crippen molar-refractivity contribution in [2.75, 3.05) is 0 Å². The number of rotatable bonds is 26. The van der Waals surface area contributed by atoms with E-state index in [-0.39, 0.29) is 25.2 Å². The van der Waals surface area contributed by atoms with E-state index in [1.807, 2.05) is 6.92 Å². The second kappa shape index (κ2) is 25.3. The third-order valence-electron chi connectivity index (χ3n) is 10.1. The van der Waals surface area contributed by atoms with Crippen LogP contribution in [-0.4, -0.2) is 116 Å². The highest BCUT2D eigenvalue weighted by atomic mass is 16.4. The Kier molecular flexibility index (Phi) is 21.1. The quantitative estimate of drug-likeness (QED) is 0.0495. The van der Waals surface area contributed by atoms with E-state index in [0.29, 0.717) is 24.0 Å². The SMILES string of the molecule is CCCCC(NC(=O)[C@H](CC(C)C)NC(=O)[C@@H](NC(=O)[C@H](Cc1ccccc1C)NC(=O)[C@H](CCC(=O)O)NC(=O)[C@H](CC(=O)O)NC(=O)c1c[nH]c(=O)[nH]c1=O)C(C)(C)C)C(=O)C(N)=O. The predicted octanol–water partition coefficient (Wildman–Crippen LogP) is -1.19. The second-order valence-corrected chi connectivity index (χ2v) is 17.2. The van der Waals surface area contributed by atoms with Crippen molar-refractivity contribution in [2.45, 2.75) is 136 Å². The van der Waals surface area contributed by atoms with Gasteiger partial charge in [-0.15, -0.1) is 0 Å². The number of aryl methyl sites for hydroxylation is 1. The largest absolute Gasteiger partial charge is 0.481 e. The Morgan fingerprint density at radius 3 is 1.82 bits per heavy atom. The molecule has 0 bridgehead atoms. The maximum atomic E-state index is 14.4. The highest BCUT2D eigenvalue weighted by Crippen LogP contribution is 2.21. The summed E-state index contributed by atoms with van der Waals surface area (Å²) >= 11 is 0. The molecular formula is C43H61N9O14. The molecule has 0 aliphatic carbocycles. The number of aromatic amines is 2. The van der Waals surface area contributed by atoms with Crippen LogP contribution in [0, 0.1) is 18.3 Å². The zero-order valence-corrected chi connectivity index (χ0v) is 38.0. The van der Waals surface area contributed by atoms with Crippen molar-refractivity contribution in [3.63, 3.8) is 0 Å². The van der Waals surface area contributed by atoms with Crippen molar-refractivity contribution in [3.8, 4) is 0 Å². The van der Waals surface area contributed by atoms with Gasteiger partial charge >= 0.3 is 17.6 Å². The fourth-order valence-corrected chi connectivity index (χ4v) is 6.55. The topological polar surface area (TPSA) is 375 Å². The Labute approximate surface area is 379 Å². The van der Waals surface area contributed by atoms with Crippen molar-refractivity contribution in [3.05, 3.63) is 68.0 Å². The maximum absolute atomic E-state index is 14.4. The smallest absolute Gasteiger partial charge is 0.325 e. The number of aromatic nitrogens is 2. The number of ketones is 1. The number of nitrogens with one attached hydrogen (secondary N) is 8. The van der Waals surface area contributed by atoms with Crippen LogP contribution < -0.4 is 48.9 Å². The molecule has 1 aromatic heterocycles. The van der Waals surface area contributed by atoms with Crippen LogP contribution in [0.1, 0.15) is 108 Å². The number of nitrogens with two attached hydrogens (primary N) is 1. The van der Waals surface area contributed by atoms with Gasteiger partial charge in [0.05, 0.1) is 12.5 Å². The van der Waals surface area contributed by atoms with Crippen LogP contribution in [0.25, 0.3) is 0 Å². The number of Topliss-reactive ketones (excluding diaryl/α,β-unsaturated/α-hetero) is 1. The summed E-state index contributed by atoms with van der Waals surface area (Å²) < 4.78 is 0. The summed E-state index contributed by atoms with van der Waals surface area (Å²) in [6.45, 7) is 12.0. The van der Waals surface area contributed by atoms with Gasteiger partial charge in [0.25, 0.3) is 17.4 Å². The molecule has 23 nitrogen and oxygen atoms in total. The number of aliphatic carboxylic acids is 2. The molecule has 7 amide bonds. The Morgan fingerprint density at radius 1 is 0.712 bits per heavy atom. The standard InChI is InChI=1S/C43H61N9O14/c1-8-9-14-25(32(57)34(44)58)46-38(62)27(17-21(2)3)50-41(65)33(43(5,6)7)51-40(64)28(18-23-13-11-10-12-22(23)4)49-37(61)26(15-16-30(53)54)47-39(63)29(19-31(55)56)48-35(59)24-20-45-42(66)52-36(24)60/h10-13,20-21,25-29,33H,8-9,14-19H2,1-7H3,(H2,44,58)(H,46,62)(H,47,63)(H,48,59)(H,49,61)(H,50,65)(H,51,64)(H,53,54)(H,55,56)(H2,45,52,60,66)/t25?,26-,27-,28-,29-,33+/m0/s1. The molecule has 12 N–H and O–H groups in total. The minimum atomic E-state index is -1.95. The zero-order chi connectivity index (χ0) is 50.1. The van der Waals surface area contributed by atoms with E-state index in [4.69, 9.17) is 5.73 Å². The summed E-state index contributed by atoms with van der Waals surface area (Å²) in [7, 11) is 0. The number of hydrogen-bond donors (Lipinski definition) is 11. The molecular weight excluding hydrogens is 867 g/mol. The molecule has 0 aliphatic heterocycles. The normalized spacial score (nSPS) is 13.9. The average molecular weight is 928 g/mol. The molecule has 6 atom stereocenters. The molecule has 0 saturated carbocycles. The van der Waals surface area contributed by atoms with Crippen LogP contribution in [0.15, 0.2) is 40.1 Å². The first-order chi connectivity index (χ1) is 30.7. The minimum absolute atomic E-state index is 0.0749. The first-order valence-electron chi connectivity index (χ1n) is 21.2. The van der Waals surface area contributed by atoms with Gasteiger partial charge in [-0.3, -0.25) is 57.7 Å². The van der Waals surface area contributed by atoms with Gasteiger partial charge < -0.3 is 52.8 Å². The first kappa shape index (κ1) is 54.9. The van der Waals surface area contributed by atoms with Crippen LogP contribution in [0.3, 0.4) is 0 Å². The lowest BCUT2D eigenvalue weighted by Crippen LogP contribution is -2.62. The van der Waals surface area contributed by atoms with Gasteiger partial charge in [0, 0.05) is 19.0 Å². The van der Waals surface area contributed by atoms with Gasteiger partial charge in [-0.1, -0.05) is 78.6 Å². The van der Waals surface area contributed by atoms with Gasteiger partial charge in [-0.05, 0) is 48.6 Å². The molecule has 1 unspecified atom stereocenters. The Hall–Kier alpha value is -7.20. The second-order valence-electron chi connectivity index (χ2n) is 17.2. The molecule has 0 aliphatic rings. The predicted molar refractivity (Wildman–Crippen MR) is 235 cm³/mol. The molecule has 1 aromatic carbocycles. The lowest BCUT2D eigenvalue weighted by Gasteiger charge is -2.34. The average Bonchev–Trinajstić information content (AvgIpc) is 3.21. The van der Waals surface area contributed by atoms with E-state index in [1.165, 1.54) is 0 Å². The summed E-state index contributed by atoms with van der Waals surface area (Å²) in [4.78, 5) is 158. The third-order valence-corrected chi connectivity index (χ3v) is 10.1. The molecule has 0 spiro atoms. The number of primary amides is 1. The zero-order valence-electron chi connectivity index (χ0n) is 38.0. The van der Waals surface area contributed by atoms with Crippen molar-refractivity contribution >= 4 is 59.1 Å². The third kappa shape index (κ3) is 17.8. The molecule has 2 rings (SSSR count). The number of carbonyl (C=O) groups excluding carboxylic acids is 8. The Morgan fingerprint density at radius 2 is 1.27 bits per heavy atom. The number of carboxylic acids is 2. The summed E-state index contributed by atoms with van der Waals surface area (Å²) in [5.41, 5.74) is 2.59. The van der Waals surface area contributed by atoms with Crippen LogP contribution in [-0.2, 0) is 49.6 Å². The van der Waals surface area contributed by atoms with E-state index < -0.39 is 137 Å².